The summed E-state index contributed by atoms with van der Waals surface area (Å²) < 4.78 is 14.3. The van der Waals surface area contributed by atoms with Gasteiger partial charge >= 0.3 is 6.03 Å². The molecule has 3 rings (SSSR count). The zero-order valence-electron chi connectivity index (χ0n) is 13.6. The van der Waals surface area contributed by atoms with Gasteiger partial charge in [0.2, 0.25) is 5.91 Å². The fourth-order valence-electron chi connectivity index (χ4n) is 2.81. The highest BCUT2D eigenvalue weighted by Gasteiger charge is 2.31. The van der Waals surface area contributed by atoms with E-state index >= 15 is 0 Å². The van der Waals surface area contributed by atoms with Gasteiger partial charge in [-0.3, -0.25) is 4.79 Å². The van der Waals surface area contributed by atoms with E-state index in [1.165, 1.54) is 17.0 Å². The standard InChI is InChI=1S/C18H17BrFN3O2/c1-11-7-12(19)5-6-16(11)22-18(25)21-14-9-17(24)23(10-14)15-4-2-3-13(20)8-15/h2-8,14H,9-10H2,1H3,(H2,21,22,25)/t14-/m1/s1. The van der Waals surface area contributed by atoms with E-state index in [4.69, 9.17) is 0 Å². The van der Waals surface area contributed by atoms with Crippen molar-refractivity contribution in [1.29, 1.82) is 0 Å². The molecule has 1 aliphatic heterocycles. The summed E-state index contributed by atoms with van der Waals surface area (Å²) in [5.41, 5.74) is 2.12. The lowest BCUT2D eigenvalue weighted by atomic mass is 10.2. The molecular weight excluding hydrogens is 389 g/mol. The van der Waals surface area contributed by atoms with E-state index in [0.717, 1.165) is 10.0 Å². The first kappa shape index (κ1) is 17.4. The molecule has 0 unspecified atom stereocenters. The summed E-state index contributed by atoms with van der Waals surface area (Å²) in [7, 11) is 0. The molecule has 0 aliphatic carbocycles. The average Bonchev–Trinajstić information content (AvgIpc) is 2.90. The van der Waals surface area contributed by atoms with Gasteiger partial charge in [0.1, 0.15) is 5.82 Å². The maximum absolute atomic E-state index is 13.3. The molecule has 0 aromatic heterocycles. The number of hydrogen-bond acceptors (Lipinski definition) is 2. The van der Waals surface area contributed by atoms with E-state index < -0.39 is 5.82 Å². The van der Waals surface area contributed by atoms with Gasteiger partial charge in [-0.1, -0.05) is 22.0 Å². The lowest BCUT2D eigenvalue weighted by molar-refractivity contribution is -0.117. The van der Waals surface area contributed by atoms with Crippen molar-refractivity contribution >= 4 is 39.2 Å². The van der Waals surface area contributed by atoms with Crippen LogP contribution in [0, 0.1) is 12.7 Å². The highest BCUT2D eigenvalue weighted by Crippen LogP contribution is 2.23. The zero-order valence-corrected chi connectivity index (χ0v) is 15.1. The molecule has 2 N–H and O–H groups in total. The predicted molar refractivity (Wildman–Crippen MR) is 98.2 cm³/mol. The summed E-state index contributed by atoms with van der Waals surface area (Å²) in [4.78, 5) is 25.8. The highest BCUT2D eigenvalue weighted by molar-refractivity contribution is 9.10. The number of urea groups is 1. The molecule has 0 spiro atoms. The molecule has 2 aromatic carbocycles. The summed E-state index contributed by atoms with van der Waals surface area (Å²) in [6.45, 7) is 2.21. The van der Waals surface area contributed by atoms with Crippen LogP contribution in [0.15, 0.2) is 46.9 Å². The minimum Gasteiger partial charge on any atom is -0.333 e. The zero-order chi connectivity index (χ0) is 18.0. The van der Waals surface area contributed by atoms with E-state index in [1.807, 2.05) is 19.1 Å². The molecule has 0 bridgehead atoms. The van der Waals surface area contributed by atoms with Gasteiger partial charge in [-0.25, -0.2) is 9.18 Å². The van der Waals surface area contributed by atoms with Gasteiger partial charge in [-0.15, -0.1) is 0 Å². The molecule has 1 fully saturated rings. The molecule has 2 aromatic rings. The van der Waals surface area contributed by atoms with Gasteiger partial charge in [0.15, 0.2) is 0 Å². The van der Waals surface area contributed by atoms with E-state index in [9.17, 15) is 14.0 Å². The molecule has 3 amide bonds. The van der Waals surface area contributed by atoms with Crippen LogP contribution in [-0.4, -0.2) is 24.5 Å². The summed E-state index contributed by atoms with van der Waals surface area (Å²) in [6.07, 6.45) is 0.184. The van der Waals surface area contributed by atoms with E-state index in [2.05, 4.69) is 26.6 Å². The van der Waals surface area contributed by atoms with Gasteiger partial charge in [0, 0.05) is 28.8 Å². The second kappa shape index (κ2) is 7.23. The first-order chi connectivity index (χ1) is 11.9. The number of carbonyl (C=O) groups excluding carboxylic acids is 2. The Balaban J connectivity index is 1.62. The second-order valence-corrected chi connectivity index (χ2v) is 6.86. The monoisotopic (exact) mass is 405 g/mol. The Kier molecular flexibility index (Phi) is 5.03. The molecule has 0 radical (unpaired) electrons. The molecule has 130 valence electrons. The molecule has 1 saturated heterocycles. The van der Waals surface area contributed by atoms with Crippen LogP contribution in [0.5, 0.6) is 0 Å². The quantitative estimate of drug-likeness (QED) is 0.814. The second-order valence-electron chi connectivity index (χ2n) is 5.94. The first-order valence-corrected chi connectivity index (χ1v) is 8.61. The van der Waals surface area contributed by atoms with Crippen LogP contribution in [0.3, 0.4) is 0 Å². The molecule has 7 heteroatoms. The van der Waals surface area contributed by atoms with Crippen molar-refractivity contribution in [3.63, 3.8) is 0 Å². The van der Waals surface area contributed by atoms with Crippen molar-refractivity contribution < 1.29 is 14.0 Å². The Labute approximate surface area is 153 Å². The Hall–Kier alpha value is -2.41. The molecule has 1 atom stereocenters. The summed E-state index contributed by atoms with van der Waals surface area (Å²) in [6, 6.07) is 10.7. The maximum atomic E-state index is 13.3. The maximum Gasteiger partial charge on any atom is 0.319 e. The summed E-state index contributed by atoms with van der Waals surface area (Å²) in [5.74, 6) is -0.541. The average molecular weight is 406 g/mol. The number of rotatable bonds is 3. The van der Waals surface area contributed by atoms with E-state index in [0.29, 0.717) is 17.9 Å². The number of nitrogens with one attached hydrogen (secondary N) is 2. The fraction of sp³-hybridized carbons (Fsp3) is 0.222. The molecule has 1 aliphatic rings. The third-order valence-corrected chi connectivity index (χ3v) is 4.51. The van der Waals surface area contributed by atoms with Crippen molar-refractivity contribution in [2.45, 2.75) is 19.4 Å². The Morgan fingerprint density at radius 2 is 2.08 bits per heavy atom. The SMILES string of the molecule is Cc1cc(Br)ccc1NC(=O)N[C@@H]1CC(=O)N(c2cccc(F)c2)C1. The highest BCUT2D eigenvalue weighted by atomic mass is 79.9. The molecule has 0 saturated carbocycles. The van der Waals surface area contributed by atoms with Crippen LogP contribution in [0.4, 0.5) is 20.6 Å². The number of carbonyl (C=O) groups is 2. The Bertz CT molecular complexity index is 828. The molecule has 25 heavy (non-hydrogen) atoms. The predicted octanol–water partition coefficient (Wildman–Crippen LogP) is 3.82. The van der Waals surface area contributed by atoms with Gasteiger partial charge < -0.3 is 15.5 Å². The molecular formula is C18H17BrFN3O2. The van der Waals surface area contributed by atoms with Crippen LogP contribution < -0.4 is 15.5 Å². The number of nitrogens with zero attached hydrogens (tertiary/aromatic N) is 1. The number of amides is 3. The van der Waals surface area contributed by atoms with Gasteiger partial charge in [0.25, 0.3) is 0 Å². The normalized spacial score (nSPS) is 16.8. The lowest BCUT2D eigenvalue weighted by Crippen LogP contribution is -2.39. The van der Waals surface area contributed by atoms with E-state index in [-0.39, 0.29) is 24.4 Å². The summed E-state index contributed by atoms with van der Waals surface area (Å²) in [5, 5.41) is 5.58. The minimum atomic E-state index is -0.398. The first-order valence-electron chi connectivity index (χ1n) is 7.82. The van der Waals surface area contributed by atoms with Gasteiger partial charge in [-0.05, 0) is 48.9 Å². The van der Waals surface area contributed by atoms with Crippen molar-refractivity contribution in [2.75, 3.05) is 16.8 Å². The Morgan fingerprint density at radius 1 is 1.28 bits per heavy atom. The van der Waals surface area contributed by atoms with Crippen LogP contribution in [0.1, 0.15) is 12.0 Å². The topological polar surface area (TPSA) is 61.4 Å². The number of hydrogen-bond donors (Lipinski definition) is 2. The smallest absolute Gasteiger partial charge is 0.319 e. The van der Waals surface area contributed by atoms with E-state index in [1.54, 1.807) is 18.2 Å². The third kappa shape index (κ3) is 4.17. The third-order valence-electron chi connectivity index (χ3n) is 4.02. The van der Waals surface area contributed by atoms with Crippen LogP contribution >= 0.6 is 15.9 Å². The summed E-state index contributed by atoms with van der Waals surface area (Å²) >= 11 is 3.38. The van der Waals surface area contributed by atoms with Crippen LogP contribution in [0.25, 0.3) is 0 Å². The van der Waals surface area contributed by atoms with Crippen LogP contribution in [0.2, 0.25) is 0 Å². The number of aryl methyl sites for hydroxylation is 1. The number of benzene rings is 2. The fourth-order valence-corrected chi connectivity index (χ4v) is 3.28. The van der Waals surface area contributed by atoms with Gasteiger partial charge in [-0.2, -0.15) is 0 Å². The van der Waals surface area contributed by atoms with Crippen LogP contribution in [-0.2, 0) is 4.79 Å². The Morgan fingerprint density at radius 3 is 2.80 bits per heavy atom. The molecule has 1 heterocycles. The lowest BCUT2D eigenvalue weighted by Gasteiger charge is -2.17. The molecule has 5 nitrogen and oxygen atoms in total. The largest absolute Gasteiger partial charge is 0.333 e. The number of halogens is 2. The van der Waals surface area contributed by atoms with Crippen molar-refractivity contribution in [1.82, 2.24) is 5.32 Å². The number of anilines is 2. The minimum absolute atomic E-state index is 0.143. The van der Waals surface area contributed by atoms with Crippen molar-refractivity contribution in [3.05, 3.63) is 58.3 Å². The van der Waals surface area contributed by atoms with Gasteiger partial charge in [0.05, 0.1) is 6.04 Å². The van der Waals surface area contributed by atoms with Crippen molar-refractivity contribution in [2.24, 2.45) is 0 Å². The van der Waals surface area contributed by atoms with Crippen molar-refractivity contribution in [3.8, 4) is 0 Å².